The third kappa shape index (κ3) is 6.31. The van der Waals surface area contributed by atoms with Crippen molar-refractivity contribution < 1.29 is 23.8 Å². The second-order valence-electron chi connectivity index (χ2n) is 10.9. The standard InChI is InChI=1S/C36H32N2O7/c37-23-5-1-3-21(15-23)17-31-27(11-13-39)29-9-7-25(19-33(29)44-35(31)41)43-26-8-10-30-28(12-14-40)32(36(42)45-34(30)20-26)18-22-4-2-6-24(38)16-22/h1-10,15-16,19-20,39-40H,11-14,17-18,37-38H2. The molecule has 0 unspecified atom stereocenters. The van der Waals surface area contributed by atoms with Crippen molar-refractivity contribution in [3.05, 3.63) is 139 Å². The molecule has 4 aromatic carbocycles. The molecule has 0 radical (unpaired) electrons. The van der Waals surface area contributed by atoms with E-state index in [1.165, 1.54) is 0 Å². The third-order valence-corrected chi connectivity index (χ3v) is 7.81. The van der Waals surface area contributed by atoms with Gasteiger partial charge in [0, 0.05) is 71.5 Å². The first kappa shape index (κ1) is 29.7. The summed E-state index contributed by atoms with van der Waals surface area (Å²) in [5.41, 5.74) is 16.8. The van der Waals surface area contributed by atoms with Gasteiger partial charge >= 0.3 is 11.3 Å². The van der Waals surface area contributed by atoms with Crippen molar-refractivity contribution in [3.63, 3.8) is 0 Å². The number of fused-ring (bicyclic) bond motifs is 2. The van der Waals surface area contributed by atoms with E-state index in [4.69, 9.17) is 25.0 Å². The Morgan fingerprint density at radius 3 is 1.42 bits per heavy atom. The topological polar surface area (TPSA) is 162 Å². The Morgan fingerprint density at radius 2 is 1.02 bits per heavy atom. The van der Waals surface area contributed by atoms with Gasteiger partial charge in [-0.2, -0.15) is 0 Å². The number of nitrogen functional groups attached to an aromatic ring is 2. The Morgan fingerprint density at radius 1 is 0.578 bits per heavy atom. The van der Waals surface area contributed by atoms with E-state index in [2.05, 4.69) is 0 Å². The average molecular weight is 605 g/mol. The molecule has 0 aliphatic rings. The maximum atomic E-state index is 13.1. The minimum absolute atomic E-state index is 0.136. The van der Waals surface area contributed by atoms with Crippen LogP contribution in [-0.4, -0.2) is 23.4 Å². The quantitative estimate of drug-likeness (QED) is 0.123. The second-order valence-corrected chi connectivity index (χ2v) is 10.9. The smallest absolute Gasteiger partial charge is 0.340 e. The molecule has 0 saturated heterocycles. The Balaban J connectivity index is 1.33. The number of hydrogen-bond acceptors (Lipinski definition) is 9. The molecule has 0 fully saturated rings. The maximum absolute atomic E-state index is 13.1. The summed E-state index contributed by atoms with van der Waals surface area (Å²) in [5.74, 6) is 0.805. The largest absolute Gasteiger partial charge is 0.457 e. The Labute approximate surface area is 257 Å². The molecule has 6 aromatic rings. The van der Waals surface area contributed by atoms with Crippen molar-refractivity contribution in [1.82, 2.24) is 0 Å². The fraction of sp³-hybridized carbons (Fsp3) is 0.167. The number of ether oxygens (including phenoxy) is 1. The maximum Gasteiger partial charge on any atom is 0.340 e. The van der Waals surface area contributed by atoms with E-state index >= 15 is 0 Å². The Kier molecular flexibility index (Phi) is 8.37. The van der Waals surface area contributed by atoms with Crippen LogP contribution in [0.5, 0.6) is 11.5 Å². The number of nitrogens with two attached hydrogens (primary N) is 2. The van der Waals surface area contributed by atoms with E-state index in [9.17, 15) is 19.8 Å². The highest BCUT2D eigenvalue weighted by molar-refractivity contribution is 5.84. The van der Waals surface area contributed by atoms with Gasteiger partial charge in [0.05, 0.1) is 0 Å². The molecule has 2 heterocycles. The third-order valence-electron chi connectivity index (χ3n) is 7.81. The first-order valence-electron chi connectivity index (χ1n) is 14.6. The van der Waals surface area contributed by atoms with Crippen molar-refractivity contribution >= 4 is 33.3 Å². The summed E-state index contributed by atoms with van der Waals surface area (Å²) in [7, 11) is 0. The van der Waals surface area contributed by atoms with E-state index in [0.717, 1.165) is 11.1 Å². The summed E-state index contributed by atoms with van der Waals surface area (Å²) in [4.78, 5) is 26.2. The van der Waals surface area contributed by atoms with Crippen molar-refractivity contribution in [2.75, 3.05) is 24.7 Å². The van der Waals surface area contributed by atoms with Gasteiger partial charge in [-0.1, -0.05) is 24.3 Å². The van der Waals surface area contributed by atoms with Gasteiger partial charge in [-0.3, -0.25) is 0 Å². The lowest BCUT2D eigenvalue weighted by Crippen LogP contribution is -2.14. The molecule has 0 aliphatic heterocycles. The SMILES string of the molecule is Nc1cccc(Cc2c(CCO)c3ccc(Oc4ccc5c(CCO)c(Cc6cccc(N)c6)c(=O)oc5c4)cc3oc2=O)c1. The van der Waals surface area contributed by atoms with E-state index in [1.54, 1.807) is 48.5 Å². The Bertz CT molecular complexity index is 2000. The molecular formula is C36H32N2O7. The number of rotatable bonds is 10. The first-order chi connectivity index (χ1) is 21.8. The zero-order valence-corrected chi connectivity index (χ0v) is 24.4. The number of aliphatic hydroxyl groups is 2. The molecule has 0 amide bonds. The lowest BCUT2D eigenvalue weighted by atomic mass is 9.96. The van der Waals surface area contributed by atoms with Crippen LogP contribution >= 0.6 is 0 Å². The molecule has 0 saturated carbocycles. The van der Waals surface area contributed by atoms with Crippen LogP contribution in [0.4, 0.5) is 11.4 Å². The number of aliphatic hydroxyl groups excluding tert-OH is 2. The summed E-state index contributed by atoms with van der Waals surface area (Å²) in [5, 5.41) is 21.0. The van der Waals surface area contributed by atoms with E-state index in [0.29, 0.717) is 79.9 Å². The zero-order chi connectivity index (χ0) is 31.5. The van der Waals surface area contributed by atoms with Gasteiger partial charge in [-0.15, -0.1) is 0 Å². The monoisotopic (exact) mass is 604 g/mol. The van der Waals surface area contributed by atoms with Gasteiger partial charge in [-0.25, -0.2) is 9.59 Å². The van der Waals surface area contributed by atoms with Gasteiger partial charge in [0.2, 0.25) is 0 Å². The summed E-state index contributed by atoms with van der Waals surface area (Å²) in [6.07, 6.45) is 1.19. The van der Waals surface area contributed by atoms with Crippen LogP contribution in [0.3, 0.4) is 0 Å². The first-order valence-corrected chi connectivity index (χ1v) is 14.6. The normalized spacial score (nSPS) is 11.3. The van der Waals surface area contributed by atoms with Gasteiger partial charge < -0.3 is 35.3 Å². The fourth-order valence-corrected chi connectivity index (χ4v) is 5.80. The summed E-state index contributed by atoms with van der Waals surface area (Å²) in [6, 6.07) is 24.9. The van der Waals surface area contributed by atoms with Gasteiger partial charge in [0.25, 0.3) is 0 Å². The number of anilines is 2. The van der Waals surface area contributed by atoms with Gasteiger partial charge in [0.1, 0.15) is 22.7 Å². The molecule has 2 aromatic heterocycles. The molecule has 45 heavy (non-hydrogen) atoms. The summed E-state index contributed by atoms with van der Waals surface area (Å²) in [6.45, 7) is -0.273. The molecule has 0 bridgehead atoms. The molecule has 6 rings (SSSR count). The lowest BCUT2D eigenvalue weighted by molar-refractivity contribution is 0.299. The molecule has 6 N–H and O–H groups in total. The Hall–Kier alpha value is -5.38. The highest BCUT2D eigenvalue weighted by atomic mass is 16.5. The van der Waals surface area contributed by atoms with E-state index in [-0.39, 0.29) is 26.1 Å². The van der Waals surface area contributed by atoms with Crippen molar-refractivity contribution in [2.24, 2.45) is 0 Å². The van der Waals surface area contributed by atoms with Gasteiger partial charge in [-0.05, 0) is 83.6 Å². The minimum Gasteiger partial charge on any atom is -0.457 e. The molecule has 9 nitrogen and oxygen atoms in total. The molecule has 9 heteroatoms. The highest BCUT2D eigenvalue weighted by Crippen LogP contribution is 2.32. The highest BCUT2D eigenvalue weighted by Gasteiger charge is 2.18. The van der Waals surface area contributed by atoms with Crippen LogP contribution < -0.4 is 27.5 Å². The van der Waals surface area contributed by atoms with Crippen molar-refractivity contribution in [3.8, 4) is 11.5 Å². The van der Waals surface area contributed by atoms with Crippen LogP contribution in [0.25, 0.3) is 21.9 Å². The van der Waals surface area contributed by atoms with Crippen LogP contribution in [-0.2, 0) is 25.7 Å². The van der Waals surface area contributed by atoms with Gasteiger partial charge in [0.15, 0.2) is 0 Å². The molecule has 228 valence electrons. The number of benzene rings is 4. The molecule has 0 aliphatic carbocycles. The van der Waals surface area contributed by atoms with E-state index in [1.807, 2.05) is 36.4 Å². The zero-order valence-electron chi connectivity index (χ0n) is 24.4. The molecular weight excluding hydrogens is 572 g/mol. The van der Waals surface area contributed by atoms with E-state index < -0.39 is 11.3 Å². The predicted octanol–water partition coefficient (Wildman–Crippen LogP) is 5.11. The number of hydrogen-bond donors (Lipinski definition) is 4. The van der Waals surface area contributed by atoms with Crippen LogP contribution in [0.1, 0.15) is 33.4 Å². The second kappa shape index (κ2) is 12.7. The lowest BCUT2D eigenvalue weighted by Gasteiger charge is -2.14. The average Bonchev–Trinajstić information content (AvgIpc) is 3.00. The predicted molar refractivity (Wildman–Crippen MR) is 174 cm³/mol. The van der Waals surface area contributed by atoms with Crippen LogP contribution in [0, 0.1) is 0 Å². The van der Waals surface area contributed by atoms with Crippen LogP contribution in [0.2, 0.25) is 0 Å². The summed E-state index contributed by atoms with van der Waals surface area (Å²) >= 11 is 0. The molecule has 0 spiro atoms. The minimum atomic E-state index is -0.497. The van der Waals surface area contributed by atoms with Crippen molar-refractivity contribution in [2.45, 2.75) is 25.7 Å². The summed E-state index contributed by atoms with van der Waals surface area (Å²) < 4.78 is 17.5. The molecule has 0 atom stereocenters. The van der Waals surface area contributed by atoms with Crippen LogP contribution in [0.15, 0.2) is 103 Å². The fourth-order valence-electron chi connectivity index (χ4n) is 5.80. The van der Waals surface area contributed by atoms with Crippen molar-refractivity contribution in [1.29, 1.82) is 0 Å².